The SMILES string of the molecule is O=C(N/N=C\c1ccc(OCc2ccccc2)c(Br)c1)c1cc(Br)ccc1O. The van der Waals surface area contributed by atoms with Crippen LogP contribution in [0.25, 0.3) is 0 Å². The van der Waals surface area contributed by atoms with Crippen LogP contribution in [-0.2, 0) is 6.61 Å². The van der Waals surface area contributed by atoms with E-state index in [1.54, 1.807) is 6.07 Å². The van der Waals surface area contributed by atoms with Gasteiger partial charge in [-0.3, -0.25) is 4.79 Å². The van der Waals surface area contributed by atoms with Crippen LogP contribution >= 0.6 is 31.9 Å². The van der Waals surface area contributed by atoms with E-state index in [2.05, 4.69) is 42.4 Å². The van der Waals surface area contributed by atoms with Gasteiger partial charge in [-0.15, -0.1) is 0 Å². The number of nitrogens with zero attached hydrogens (tertiary/aromatic N) is 1. The molecule has 0 atom stereocenters. The van der Waals surface area contributed by atoms with Crippen molar-refractivity contribution in [2.45, 2.75) is 6.61 Å². The van der Waals surface area contributed by atoms with Crippen LogP contribution in [0.3, 0.4) is 0 Å². The normalized spacial score (nSPS) is 10.8. The van der Waals surface area contributed by atoms with Gasteiger partial charge in [0, 0.05) is 4.47 Å². The molecule has 0 aliphatic carbocycles. The molecule has 7 heteroatoms. The summed E-state index contributed by atoms with van der Waals surface area (Å²) in [5.41, 5.74) is 4.39. The Labute approximate surface area is 179 Å². The van der Waals surface area contributed by atoms with E-state index >= 15 is 0 Å². The van der Waals surface area contributed by atoms with Crippen molar-refractivity contribution in [3.05, 3.63) is 92.4 Å². The van der Waals surface area contributed by atoms with E-state index in [-0.39, 0.29) is 11.3 Å². The zero-order valence-electron chi connectivity index (χ0n) is 14.6. The fourth-order valence-corrected chi connectivity index (χ4v) is 3.24. The molecule has 0 unspecified atom stereocenters. The number of benzene rings is 3. The summed E-state index contributed by atoms with van der Waals surface area (Å²) < 4.78 is 7.28. The first kappa shape index (κ1) is 20.1. The topological polar surface area (TPSA) is 70.9 Å². The van der Waals surface area contributed by atoms with E-state index in [1.807, 2.05) is 48.5 Å². The molecule has 0 heterocycles. The maximum Gasteiger partial charge on any atom is 0.275 e. The lowest BCUT2D eigenvalue weighted by Crippen LogP contribution is -2.17. The molecule has 28 heavy (non-hydrogen) atoms. The summed E-state index contributed by atoms with van der Waals surface area (Å²) in [6.07, 6.45) is 1.51. The van der Waals surface area contributed by atoms with E-state index < -0.39 is 5.91 Å². The molecular formula is C21H16Br2N2O3. The molecular weight excluding hydrogens is 488 g/mol. The Kier molecular flexibility index (Phi) is 6.84. The molecule has 0 bridgehead atoms. The van der Waals surface area contributed by atoms with Crippen LogP contribution in [0, 0.1) is 0 Å². The van der Waals surface area contributed by atoms with Gasteiger partial charge in [0.1, 0.15) is 18.1 Å². The number of phenols is 1. The first-order valence-electron chi connectivity index (χ1n) is 8.31. The van der Waals surface area contributed by atoms with E-state index in [0.717, 1.165) is 15.6 Å². The molecule has 0 saturated carbocycles. The number of hydrazone groups is 1. The monoisotopic (exact) mass is 502 g/mol. The highest BCUT2D eigenvalue weighted by Crippen LogP contribution is 2.26. The van der Waals surface area contributed by atoms with Crippen molar-refractivity contribution in [3.8, 4) is 11.5 Å². The number of hydrogen-bond acceptors (Lipinski definition) is 4. The number of halogens is 2. The molecule has 0 spiro atoms. The number of aromatic hydroxyl groups is 1. The Balaban J connectivity index is 1.60. The number of phenolic OH excluding ortho intramolecular Hbond substituents is 1. The summed E-state index contributed by atoms with van der Waals surface area (Å²) in [6, 6.07) is 20.0. The average molecular weight is 504 g/mol. The predicted octanol–water partition coefficient (Wildman–Crippen LogP) is 5.26. The number of carbonyl (C=O) groups excluding carboxylic acids is 1. The smallest absolute Gasteiger partial charge is 0.275 e. The van der Waals surface area contributed by atoms with Crippen molar-refractivity contribution in [1.29, 1.82) is 0 Å². The minimum absolute atomic E-state index is 0.112. The molecule has 0 aromatic heterocycles. The van der Waals surface area contributed by atoms with Gasteiger partial charge in [0.2, 0.25) is 0 Å². The van der Waals surface area contributed by atoms with Crippen LogP contribution in [0.2, 0.25) is 0 Å². The first-order valence-corrected chi connectivity index (χ1v) is 9.90. The number of ether oxygens (including phenoxy) is 1. The number of hydrogen-bond donors (Lipinski definition) is 2. The number of nitrogens with one attached hydrogen (secondary N) is 1. The highest BCUT2D eigenvalue weighted by atomic mass is 79.9. The zero-order chi connectivity index (χ0) is 19.9. The van der Waals surface area contributed by atoms with Crippen LogP contribution in [-0.4, -0.2) is 17.2 Å². The van der Waals surface area contributed by atoms with Crippen molar-refractivity contribution in [2.75, 3.05) is 0 Å². The van der Waals surface area contributed by atoms with E-state index in [1.165, 1.54) is 18.3 Å². The second-order valence-corrected chi connectivity index (χ2v) is 7.59. The van der Waals surface area contributed by atoms with Gasteiger partial charge in [0.15, 0.2) is 0 Å². The summed E-state index contributed by atoms with van der Waals surface area (Å²) >= 11 is 6.75. The molecule has 5 nitrogen and oxygen atoms in total. The van der Waals surface area contributed by atoms with Crippen molar-refractivity contribution in [2.24, 2.45) is 5.10 Å². The maximum atomic E-state index is 12.1. The van der Waals surface area contributed by atoms with Gasteiger partial charge in [-0.05, 0) is 63.5 Å². The lowest BCUT2D eigenvalue weighted by molar-refractivity contribution is 0.0952. The summed E-state index contributed by atoms with van der Waals surface area (Å²) in [5, 5.41) is 13.7. The van der Waals surface area contributed by atoms with Crippen LogP contribution in [0.15, 0.2) is 80.8 Å². The standard InChI is InChI=1S/C21H16Br2N2O3/c22-16-7-8-19(26)17(11-16)21(27)25-24-12-15-6-9-20(18(23)10-15)28-13-14-4-2-1-3-5-14/h1-12,26H,13H2,(H,25,27)/b24-12-. The van der Waals surface area contributed by atoms with Crippen LogP contribution < -0.4 is 10.2 Å². The Hall–Kier alpha value is -2.64. The predicted molar refractivity (Wildman–Crippen MR) is 116 cm³/mol. The second-order valence-electron chi connectivity index (χ2n) is 5.82. The third-order valence-electron chi connectivity index (χ3n) is 3.78. The van der Waals surface area contributed by atoms with E-state index in [4.69, 9.17) is 4.74 Å². The molecule has 3 aromatic rings. The van der Waals surface area contributed by atoms with E-state index in [0.29, 0.717) is 16.8 Å². The summed E-state index contributed by atoms with van der Waals surface area (Å²) in [4.78, 5) is 12.1. The summed E-state index contributed by atoms with van der Waals surface area (Å²) in [7, 11) is 0. The third kappa shape index (κ3) is 5.43. The fraction of sp³-hybridized carbons (Fsp3) is 0.0476. The molecule has 0 aliphatic heterocycles. The summed E-state index contributed by atoms with van der Waals surface area (Å²) in [6.45, 7) is 0.471. The molecule has 142 valence electrons. The maximum absolute atomic E-state index is 12.1. The van der Waals surface area contributed by atoms with Crippen LogP contribution in [0.5, 0.6) is 11.5 Å². The Morgan fingerprint density at radius 2 is 1.86 bits per heavy atom. The minimum atomic E-state index is -0.503. The van der Waals surface area contributed by atoms with Crippen LogP contribution in [0.1, 0.15) is 21.5 Å². The molecule has 0 fully saturated rings. The lowest BCUT2D eigenvalue weighted by atomic mass is 10.2. The molecule has 3 rings (SSSR count). The van der Waals surface area contributed by atoms with Gasteiger partial charge in [0.25, 0.3) is 5.91 Å². The molecule has 0 saturated heterocycles. The molecule has 3 aromatic carbocycles. The Bertz CT molecular complexity index is 1010. The summed E-state index contributed by atoms with van der Waals surface area (Å²) in [5.74, 6) is 0.0968. The van der Waals surface area contributed by atoms with Gasteiger partial charge in [-0.25, -0.2) is 5.43 Å². The molecule has 0 radical (unpaired) electrons. The van der Waals surface area contributed by atoms with Gasteiger partial charge in [-0.1, -0.05) is 46.3 Å². The fourth-order valence-electron chi connectivity index (χ4n) is 2.37. The van der Waals surface area contributed by atoms with Crippen molar-refractivity contribution >= 4 is 44.0 Å². The quantitative estimate of drug-likeness (QED) is 0.356. The van der Waals surface area contributed by atoms with Crippen molar-refractivity contribution < 1.29 is 14.6 Å². The third-order valence-corrected chi connectivity index (χ3v) is 4.89. The Morgan fingerprint density at radius 3 is 2.61 bits per heavy atom. The van der Waals surface area contributed by atoms with Gasteiger partial charge in [-0.2, -0.15) is 5.10 Å². The molecule has 2 N–H and O–H groups in total. The Morgan fingerprint density at radius 1 is 1.07 bits per heavy atom. The molecule has 1 amide bonds. The second kappa shape index (κ2) is 9.52. The first-order chi connectivity index (χ1) is 13.5. The van der Waals surface area contributed by atoms with Crippen molar-refractivity contribution in [1.82, 2.24) is 5.43 Å². The lowest BCUT2D eigenvalue weighted by Gasteiger charge is -2.09. The van der Waals surface area contributed by atoms with Crippen molar-refractivity contribution in [3.63, 3.8) is 0 Å². The zero-order valence-corrected chi connectivity index (χ0v) is 17.8. The number of carbonyl (C=O) groups is 1. The highest BCUT2D eigenvalue weighted by Gasteiger charge is 2.10. The van der Waals surface area contributed by atoms with Gasteiger partial charge < -0.3 is 9.84 Å². The van der Waals surface area contributed by atoms with E-state index in [9.17, 15) is 9.90 Å². The van der Waals surface area contributed by atoms with Crippen LogP contribution in [0.4, 0.5) is 0 Å². The minimum Gasteiger partial charge on any atom is -0.507 e. The van der Waals surface area contributed by atoms with Gasteiger partial charge >= 0.3 is 0 Å². The average Bonchev–Trinajstić information content (AvgIpc) is 2.70. The van der Waals surface area contributed by atoms with Gasteiger partial charge in [0.05, 0.1) is 16.3 Å². The largest absolute Gasteiger partial charge is 0.507 e. The molecule has 0 aliphatic rings. The number of amides is 1. The number of rotatable bonds is 6. The highest BCUT2D eigenvalue weighted by molar-refractivity contribution is 9.10.